The Labute approximate surface area is 178 Å². The van der Waals surface area contributed by atoms with Crippen LogP contribution in [0.1, 0.15) is 29.3 Å². The van der Waals surface area contributed by atoms with E-state index in [0.717, 1.165) is 16.8 Å². The first-order valence-corrected chi connectivity index (χ1v) is 10.0. The molecule has 7 nitrogen and oxygen atoms in total. The van der Waals surface area contributed by atoms with Crippen molar-refractivity contribution in [3.63, 3.8) is 0 Å². The molecule has 2 aromatic carbocycles. The van der Waals surface area contributed by atoms with Gasteiger partial charge in [0.2, 0.25) is 5.43 Å². The van der Waals surface area contributed by atoms with Gasteiger partial charge in [0.25, 0.3) is 5.91 Å². The Bertz CT molecular complexity index is 1340. The van der Waals surface area contributed by atoms with Gasteiger partial charge in [-0.15, -0.1) is 0 Å². The van der Waals surface area contributed by atoms with Crippen LogP contribution in [0.15, 0.2) is 87.4 Å². The molecule has 0 fully saturated rings. The van der Waals surface area contributed by atoms with Crippen molar-refractivity contribution in [1.82, 2.24) is 14.8 Å². The van der Waals surface area contributed by atoms with Crippen molar-refractivity contribution >= 4 is 22.5 Å². The lowest BCUT2D eigenvalue weighted by Gasteiger charge is -2.20. The van der Waals surface area contributed by atoms with Crippen LogP contribution in [0.3, 0.4) is 0 Å². The molecule has 4 aromatic rings. The maximum absolute atomic E-state index is 13.3. The number of hydrogen-bond acceptors (Lipinski definition) is 5. The number of benzene rings is 2. The molecule has 31 heavy (non-hydrogen) atoms. The average Bonchev–Trinajstić information content (AvgIpc) is 3.46. The van der Waals surface area contributed by atoms with Crippen LogP contribution in [0.2, 0.25) is 0 Å². The molecule has 0 saturated heterocycles. The van der Waals surface area contributed by atoms with Crippen molar-refractivity contribution in [1.29, 1.82) is 0 Å². The van der Waals surface area contributed by atoms with Gasteiger partial charge in [0.15, 0.2) is 0 Å². The van der Waals surface area contributed by atoms with Crippen LogP contribution in [0.5, 0.6) is 0 Å². The number of amides is 1. The van der Waals surface area contributed by atoms with Gasteiger partial charge in [0.1, 0.15) is 18.3 Å². The van der Waals surface area contributed by atoms with Crippen LogP contribution in [-0.4, -0.2) is 26.4 Å². The molecule has 0 saturated carbocycles. The summed E-state index contributed by atoms with van der Waals surface area (Å²) in [6.07, 6.45) is 3.39. The van der Waals surface area contributed by atoms with E-state index in [1.165, 1.54) is 15.9 Å². The summed E-state index contributed by atoms with van der Waals surface area (Å²) in [5, 5.41) is 10.8. The van der Waals surface area contributed by atoms with Crippen LogP contribution in [0.25, 0.3) is 10.9 Å². The van der Waals surface area contributed by atoms with Crippen molar-refractivity contribution in [2.24, 2.45) is 5.10 Å². The number of aromatic nitrogens is 2. The smallest absolute Gasteiger partial charge is 0.265 e. The lowest BCUT2D eigenvalue weighted by molar-refractivity contribution is -0.134. The van der Waals surface area contributed by atoms with Gasteiger partial charge in [-0.05, 0) is 36.8 Å². The van der Waals surface area contributed by atoms with Crippen molar-refractivity contribution in [2.45, 2.75) is 25.9 Å². The molecule has 7 heteroatoms. The number of rotatable bonds is 4. The zero-order valence-corrected chi connectivity index (χ0v) is 16.9. The standard InChI is InChI=1S/C24H20N4O3/c1-16-8-10-17(11-9-16)19-13-21(23-7-4-12-31-23)28(26-19)24(30)15-27-20-6-3-2-5-18(20)22(29)14-25-27/h2-12,14,21H,13,15H2,1H3. The van der Waals surface area contributed by atoms with E-state index in [9.17, 15) is 9.59 Å². The molecule has 0 aliphatic carbocycles. The second kappa shape index (κ2) is 7.68. The molecule has 3 heterocycles. The van der Waals surface area contributed by atoms with Gasteiger partial charge in [0.05, 0.1) is 23.7 Å². The van der Waals surface area contributed by atoms with E-state index in [2.05, 4.69) is 10.2 Å². The molecule has 2 aromatic heterocycles. The van der Waals surface area contributed by atoms with Gasteiger partial charge in [-0.3, -0.25) is 14.3 Å². The number of furan rings is 1. The number of carbonyl (C=O) groups excluding carboxylic acids is 1. The summed E-state index contributed by atoms with van der Waals surface area (Å²) in [6, 6.07) is 18.5. The Balaban J connectivity index is 1.50. The third kappa shape index (κ3) is 3.54. The van der Waals surface area contributed by atoms with Gasteiger partial charge in [-0.2, -0.15) is 10.2 Å². The minimum Gasteiger partial charge on any atom is -0.467 e. The summed E-state index contributed by atoms with van der Waals surface area (Å²) in [4.78, 5) is 25.4. The average molecular weight is 412 g/mol. The van der Waals surface area contributed by atoms with Gasteiger partial charge >= 0.3 is 0 Å². The van der Waals surface area contributed by atoms with E-state index in [4.69, 9.17) is 4.42 Å². The molecule has 0 spiro atoms. The second-order valence-electron chi connectivity index (χ2n) is 7.57. The topological polar surface area (TPSA) is 80.7 Å². The molecule has 0 bridgehead atoms. The first kappa shape index (κ1) is 19.0. The lowest BCUT2D eigenvalue weighted by atomic mass is 10.0. The van der Waals surface area contributed by atoms with Crippen LogP contribution in [0, 0.1) is 6.92 Å². The van der Waals surface area contributed by atoms with Crippen LogP contribution in [0.4, 0.5) is 0 Å². The SMILES string of the molecule is Cc1ccc(C2=NN(C(=O)Cn3ncc(=O)c4ccccc43)C(c3ccco3)C2)cc1. The number of para-hydroxylation sites is 1. The molecule has 0 N–H and O–H groups in total. The molecule has 1 unspecified atom stereocenters. The fourth-order valence-electron chi connectivity index (χ4n) is 3.85. The lowest BCUT2D eigenvalue weighted by Crippen LogP contribution is -2.31. The highest BCUT2D eigenvalue weighted by Crippen LogP contribution is 2.33. The van der Waals surface area contributed by atoms with Crippen LogP contribution >= 0.6 is 0 Å². The van der Waals surface area contributed by atoms with E-state index >= 15 is 0 Å². The predicted molar refractivity (Wildman–Crippen MR) is 117 cm³/mol. The van der Waals surface area contributed by atoms with E-state index in [1.807, 2.05) is 43.3 Å². The molecule has 1 atom stereocenters. The van der Waals surface area contributed by atoms with Crippen molar-refractivity contribution in [3.05, 3.63) is 100 Å². The summed E-state index contributed by atoms with van der Waals surface area (Å²) in [7, 11) is 0. The molecular formula is C24H20N4O3. The van der Waals surface area contributed by atoms with E-state index < -0.39 is 0 Å². The Morgan fingerprint density at radius 3 is 2.68 bits per heavy atom. The number of nitrogens with zero attached hydrogens (tertiary/aromatic N) is 4. The maximum atomic E-state index is 13.3. The van der Waals surface area contributed by atoms with Crippen LogP contribution < -0.4 is 5.43 Å². The number of fused-ring (bicyclic) bond motifs is 1. The first-order valence-electron chi connectivity index (χ1n) is 10.0. The highest BCUT2D eigenvalue weighted by Gasteiger charge is 2.35. The Morgan fingerprint density at radius 2 is 1.90 bits per heavy atom. The number of aryl methyl sites for hydroxylation is 1. The minimum atomic E-state index is -0.329. The third-order valence-electron chi connectivity index (χ3n) is 5.47. The van der Waals surface area contributed by atoms with Crippen LogP contribution in [-0.2, 0) is 11.3 Å². The van der Waals surface area contributed by atoms with Crippen molar-refractivity contribution < 1.29 is 9.21 Å². The molecule has 1 aliphatic heterocycles. The van der Waals surface area contributed by atoms with Crippen molar-refractivity contribution in [2.75, 3.05) is 0 Å². The van der Waals surface area contributed by atoms with Gasteiger partial charge < -0.3 is 4.42 Å². The van der Waals surface area contributed by atoms with Gasteiger partial charge in [0, 0.05) is 11.8 Å². The Kier molecular flexibility index (Phi) is 4.71. The molecule has 1 amide bonds. The quantitative estimate of drug-likeness (QED) is 0.512. The zero-order chi connectivity index (χ0) is 21.4. The van der Waals surface area contributed by atoms with Gasteiger partial charge in [-0.1, -0.05) is 42.0 Å². The highest BCUT2D eigenvalue weighted by atomic mass is 16.3. The fraction of sp³-hybridized carbons (Fsp3) is 0.167. The second-order valence-corrected chi connectivity index (χ2v) is 7.57. The third-order valence-corrected chi connectivity index (χ3v) is 5.47. The molecule has 1 aliphatic rings. The number of carbonyl (C=O) groups is 1. The summed E-state index contributed by atoms with van der Waals surface area (Å²) in [6.45, 7) is 1.99. The largest absolute Gasteiger partial charge is 0.467 e. The highest BCUT2D eigenvalue weighted by molar-refractivity contribution is 6.03. The predicted octanol–water partition coefficient (Wildman–Crippen LogP) is 3.68. The van der Waals surface area contributed by atoms with E-state index in [0.29, 0.717) is 23.1 Å². The fourth-order valence-corrected chi connectivity index (χ4v) is 3.85. The Morgan fingerprint density at radius 1 is 1.10 bits per heavy atom. The van der Waals surface area contributed by atoms with E-state index in [-0.39, 0.29) is 23.9 Å². The summed E-state index contributed by atoms with van der Waals surface area (Å²) >= 11 is 0. The molecular weight excluding hydrogens is 392 g/mol. The summed E-state index contributed by atoms with van der Waals surface area (Å²) < 4.78 is 7.15. The molecule has 5 rings (SSSR count). The normalized spacial score (nSPS) is 16.0. The first-order chi connectivity index (χ1) is 15.1. The zero-order valence-electron chi connectivity index (χ0n) is 16.9. The Hall–Kier alpha value is -4.00. The van der Waals surface area contributed by atoms with Crippen molar-refractivity contribution in [3.8, 4) is 0 Å². The minimum absolute atomic E-state index is 0.0390. The summed E-state index contributed by atoms with van der Waals surface area (Å²) in [5.41, 5.74) is 3.40. The summed E-state index contributed by atoms with van der Waals surface area (Å²) in [5.74, 6) is 0.446. The maximum Gasteiger partial charge on any atom is 0.265 e. The molecule has 154 valence electrons. The van der Waals surface area contributed by atoms with Gasteiger partial charge in [-0.25, -0.2) is 5.01 Å². The van der Waals surface area contributed by atoms with E-state index in [1.54, 1.807) is 30.5 Å². The number of hydrazone groups is 1. The number of hydrogen-bond donors (Lipinski definition) is 0. The molecule has 0 radical (unpaired) electrons. The monoisotopic (exact) mass is 412 g/mol.